The molecule has 1 atom stereocenters. The number of furan rings is 1. The summed E-state index contributed by atoms with van der Waals surface area (Å²) in [7, 11) is 0. The molecule has 0 fully saturated rings. The van der Waals surface area contributed by atoms with Crippen molar-refractivity contribution < 1.29 is 13.9 Å². The van der Waals surface area contributed by atoms with Gasteiger partial charge in [0, 0.05) is 18.6 Å². The molecule has 1 heterocycles. The van der Waals surface area contributed by atoms with Gasteiger partial charge < -0.3 is 19.2 Å². The molecule has 1 aromatic heterocycles. The van der Waals surface area contributed by atoms with Gasteiger partial charge in [0.15, 0.2) is 6.29 Å². The van der Waals surface area contributed by atoms with E-state index in [4.69, 9.17) is 13.9 Å². The normalized spacial score (nSPS) is 13.2. The standard InChI is InChI=1S/C16H23NO3/c1-4-17-15(16(18-5-2)19-6-3)14-11-12-9-7-8-10-13(12)20-14/h7-11,15-17H,4-6H2,1-3H3. The number of para-hydroxylation sites is 1. The topological polar surface area (TPSA) is 43.6 Å². The van der Waals surface area contributed by atoms with E-state index in [0.29, 0.717) is 13.2 Å². The van der Waals surface area contributed by atoms with Crippen LogP contribution in [0.4, 0.5) is 0 Å². The smallest absolute Gasteiger partial charge is 0.179 e. The Morgan fingerprint density at radius 2 is 1.80 bits per heavy atom. The number of ether oxygens (including phenoxy) is 2. The fraction of sp³-hybridized carbons (Fsp3) is 0.500. The van der Waals surface area contributed by atoms with Gasteiger partial charge in [-0.2, -0.15) is 0 Å². The van der Waals surface area contributed by atoms with E-state index in [9.17, 15) is 0 Å². The van der Waals surface area contributed by atoms with Crippen molar-refractivity contribution in [2.75, 3.05) is 19.8 Å². The number of rotatable bonds is 8. The molecule has 2 aromatic rings. The molecule has 110 valence electrons. The van der Waals surface area contributed by atoms with Crippen LogP contribution in [0.1, 0.15) is 32.6 Å². The zero-order chi connectivity index (χ0) is 14.4. The van der Waals surface area contributed by atoms with E-state index >= 15 is 0 Å². The third kappa shape index (κ3) is 3.39. The summed E-state index contributed by atoms with van der Waals surface area (Å²) in [5.41, 5.74) is 0.886. The molecule has 2 rings (SSSR count). The minimum atomic E-state index is -0.342. The lowest BCUT2D eigenvalue weighted by Crippen LogP contribution is -2.35. The molecular weight excluding hydrogens is 254 g/mol. The van der Waals surface area contributed by atoms with E-state index in [1.54, 1.807) is 0 Å². The van der Waals surface area contributed by atoms with E-state index in [2.05, 4.69) is 12.2 Å². The first kappa shape index (κ1) is 15.0. The van der Waals surface area contributed by atoms with Gasteiger partial charge in [-0.3, -0.25) is 0 Å². The Morgan fingerprint density at radius 1 is 1.10 bits per heavy atom. The second-order valence-corrected chi connectivity index (χ2v) is 4.50. The monoisotopic (exact) mass is 277 g/mol. The van der Waals surface area contributed by atoms with Crippen LogP contribution in [0.5, 0.6) is 0 Å². The van der Waals surface area contributed by atoms with Crippen molar-refractivity contribution in [2.45, 2.75) is 33.1 Å². The fourth-order valence-corrected chi connectivity index (χ4v) is 2.28. The van der Waals surface area contributed by atoms with E-state index in [0.717, 1.165) is 23.3 Å². The van der Waals surface area contributed by atoms with Crippen molar-refractivity contribution >= 4 is 11.0 Å². The van der Waals surface area contributed by atoms with Crippen molar-refractivity contribution in [3.8, 4) is 0 Å². The van der Waals surface area contributed by atoms with Crippen LogP contribution in [0.2, 0.25) is 0 Å². The largest absolute Gasteiger partial charge is 0.459 e. The minimum Gasteiger partial charge on any atom is -0.459 e. The number of likely N-dealkylation sites (N-methyl/N-ethyl adjacent to an activating group) is 1. The van der Waals surface area contributed by atoms with Gasteiger partial charge in [0.25, 0.3) is 0 Å². The highest BCUT2D eigenvalue weighted by Gasteiger charge is 2.26. The molecule has 20 heavy (non-hydrogen) atoms. The number of hydrogen-bond acceptors (Lipinski definition) is 4. The predicted molar refractivity (Wildman–Crippen MR) is 79.7 cm³/mol. The van der Waals surface area contributed by atoms with Crippen molar-refractivity contribution in [3.05, 3.63) is 36.1 Å². The molecule has 1 aromatic carbocycles. The van der Waals surface area contributed by atoms with Crippen LogP contribution in [0.25, 0.3) is 11.0 Å². The second-order valence-electron chi connectivity index (χ2n) is 4.50. The first-order chi connectivity index (χ1) is 9.80. The van der Waals surface area contributed by atoms with Gasteiger partial charge in [-0.05, 0) is 32.5 Å². The van der Waals surface area contributed by atoms with Gasteiger partial charge in [0.1, 0.15) is 17.4 Å². The van der Waals surface area contributed by atoms with Gasteiger partial charge in [0.2, 0.25) is 0 Å². The molecule has 4 heteroatoms. The molecule has 1 unspecified atom stereocenters. The zero-order valence-electron chi connectivity index (χ0n) is 12.4. The summed E-state index contributed by atoms with van der Waals surface area (Å²) in [6.07, 6.45) is -0.342. The van der Waals surface area contributed by atoms with Gasteiger partial charge in [0.05, 0.1) is 0 Å². The van der Waals surface area contributed by atoms with Crippen LogP contribution >= 0.6 is 0 Å². The number of hydrogen-bond donors (Lipinski definition) is 1. The summed E-state index contributed by atoms with van der Waals surface area (Å²) < 4.78 is 17.3. The maximum Gasteiger partial charge on any atom is 0.179 e. The van der Waals surface area contributed by atoms with Crippen LogP contribution in [0.15, 0.2) is 34.7 Å². The molecule has 0 aliphatic rings. The lowest BCUT2D eigenvalue weighted by atomic mass is 10.2. The molecule has 1 N–H and O–H groups in total. The van der Waals surface area contributed by atoms with Crippen molar-refractivity contribution in [1.82, 2.24) is 5.32 Å². The molecule has 0 spiro atoms. The Kier molecular flexibility index (Phi) is 5.59. The molecule has 0 radical (unpaired) electrons. The van der Waals surface area contributed by atoms with Crippen LogP contribution in [0.3, 0.4) is 0 Å². The maximum absolute atomic E-state index is 5.93. The van der Waals surface area contributed by atoms with Crippen LogP contribution in [0, 0.1) is 0 Å². The molecule has 0 amide bonds. The first-order valence-electron chi connectivity index (χ1n) is 7.25. The Labute approximate surface area is 120 Å². The molecule has 0 saturated carbocycles. The molecule has 0 bridgehead atoms. The molecule has 0 saturated heterocycles. The van der Waals surface area contributed by atoms with E-state index in [1.807, 2.05) is 44.2 Å². The summed E-state index contributed by atoms with van der Waals surface area (Å²) in [5, 5.41) is 4.48. The van der Waals surface area contributed by atoms with Gasteiger partial charge in [-0.1, -0.05) is 25.1 Å². The predicted octanol–water partition coefficient (Wildman–Crippen LogP) is 3.48. The maximum atomic E-state index is 5.93. The lowest BCUT2D eigenvalue weighted by molar-refractivity contribution is -0.157. The first-order valence-corrected chi connectivity index (χ1v) is 7.25. The summed E-state index contributed by atoms with van der Waals surface area (Å²) in [6, 6.07) is 9.94. The van der Waals surface area contributed by atoms with Crippen molar-refractivity contribution in [3.63, 3.8) is 0 Å². The average molecular weight is 277 g/mol. The van der Waals surface area contributed by atoms with Crippen LogP contribution in [-0.4, -0.2) is 26.0 Å². The number of fused-ring (bicyclic) bond motifs is 1. The molecule has 4 nitrogen and oxygen atoms in total. The Balaban J connectivity index is 2.29. The zero-order valence-corrected chi connectivity index (χ0v) is 12.4. The van der Waals surface area contributed by atoms with E-state index in [-0.39, 0.29) is 12.3 Å². The summed E-state index contributed by atoms with van der Waals surface area (Å²) >= 11 is 0. The Hall–Kier alpha value is -1.36. The summed E-state index contributed by atoms with van der Waals surface area (Å²) in [6.45, 7) is 8.02. The van der Waals surface area contributed by atoms with Crippen molar-refractivity contribution in [1.29, 1.82) is 0 Å². The van der Waals surface area contributed by atoms with Gasteiger partial charge in [-0.15, -0.1) is 0 Å². The third-order valence-electron chi connectivity index (χ3n) is 3.11. The van der Waals surface area contributed by atoms with Crippen molar-refractivity contribution in [2.24, 2.45) is 0 Å². The lowest BCUT2D eigenvalue weighted by Gasteiger charge is -2.25. The number of benzene rings is 1. The summed E-state index contributed by atoms with van der Waals surface area (Å²) in [5.74, 6) is 0.847. The van der Waals surface area contributed by atoms with E-state index in [1.165, 1.54) is 0 Å². The molecule has 0 aliphatic heterocycles. The Bertz CT molecular complexity index is 484. The quantitative estimate of drug-likeness (QED) is 0.750. The summed E-state index contributed by atoms with van der Waals surface area (Å²) in [4.78, 5) is 0. The van der Waals surface area contributed by atoms with Gasteiger partial charge >= 0.3 is 0 Å². The van der Waals surface area contributed by atoms with Crippen LogP contribution < -0.4 is 5.32 Å². The molecular formula is C16H23NO3. The van der Waals surface area contributed by atoms with Crippen LogP contribution in [-0.2, 0) is 9.47 Å². The third-order valence-corrected chi connectivity index (χ3v) is 3.11. The van der Waals surface area contributed by atoms with Gasteiger partial charge in [-0.25, -0.2) is 0 Å². The SMILES string of the molecule is CCNC(c1cc2ccccc2o1)C(OCC)OCC. The highest BCUT2D eigenvalue weighted by atomic mass is 16.7. The number of nitrogens with one attached hydrogen (secondary N) is 1. The molecule has 0 aliphatic carbocycles. The second kappa shape index (κ2) is 7.43. The highest BCUT2D eigenvalue weighted by molar-refractivity contribution is 5.77. The highest BCUT2D eigenvalue weighted by Crippen LogP contribution is 2.27. The van der Waals surface area contributed by atoms with E-state index < -0.39 is 0 Å². The fourth-order valence-electron chi connectivity index (χ4n) is 2.28. The average Bonchev–Trinajstić information content (AvgIpc) is 2.88. The minimum absolute atomic E-state index is 0.104. The Morgan fingerprint density at radius 3 is 2.40 bits per heavy atom.